The van der Waals surface area contributed by atoms with Crippen molar-refractivity contribution < 1.29 is 13.9 Å². The molecule has 0 aliphatic heterocycles. The standard InChI is InChI=1S/C10H10F2O/c1-2-3-10(13)8-5-4-7(11)6-9(8)12/h2,4-6,10,13H,1,3H2. The van der Waals surface area contributed by atoms with Gasteiger partial charge in [-0.3, -0.25) is 0 Å². The number of rotatable bonds is 3. The van der Waals surface area contributed by atoms with Crippen LogP contribution in [0.3, 0.4) is 0 Å². The molecule has 0 saturated carbocycles. The summed E-state index contributed by atoms with van der Waals surface area (Å²) in [5, 5.41) is 9.36. The van der Waals surface area contributed by atoms with Crippen molar-refractivity contribution in [2.75, 3.05) is 0 Å². The van der Waals surface area contributed by atoms with Crippen LogP contribution in [-0.4, -0.2) is 5.11 Å². The van der Waals surface area contributed by atoms with Gasteiger partial charge in [0.2, 0.25) is 0 Å². The summed E-state index contributed by atoms with van der Waals surface area (Å²) in [7, 11) is 0. The number of aliphatic hydroxyl groups excluding tert-OH is 1. The van der Waals surface area contributed by atoms with E-state index >= 15 is 0 Å². The van der Waals surface area contributed by atoms with Gasteiger partial charge in [0.25, 0.3) is 0 Å². The second-order valence-electron chi connectivity index (χ2n) is 2.71. The topological polar surface area (TPSA) is 20.2 Å². The van der Waals surface area contributed by atoms with Gasteiger partial charge in [-0.2, -0.15) is 0 Å². The van der Waals surface area contributed by atoms with Crippen LogP contribution in [0.15, 0.2) is 30.9 Å². The van der Waals surface area contributed by atoms with E-state index in [1.807, 2.05) is 0 Å². The summed E-state index contributed by atoms with van der Waals surface area (Å²) in [5.74, 6) is -1.37. The van der Waals surface area contributed by atoms with Crippen LogP contribution in [0.4, 0.5) is 8.78 Å². The summed E-state index contributed by atoms with van der Waals surface area (Å²) in [4.78, 5) is 0. The van der Waals surface area contributed by atoms with Crippen molar-refractivity contribution >= 4 is 0 Å². The highest BCUT2D eigenvalue weighted by Gasteiger charge is 2.11. The average molecular weight is 184 g/mol. The molecule has 0 aromatic heterocycles. The zero-order valence-electron chi connectivity index (χ0n) is 7.00. The molecule has 0 bridgehead atoms. The molecule has 1 atom stereocenters. The minimum absolute atomic E-state index is 0.0984. The van der Waals surface area contributed by atoms with Crippen LogP contribution in [0.5, 0.6) is 0 Å². The Hall–Kier alpha value is -1.22. The second kappa shape index (κ2) is 4.14. The summed E-state index contributed by atoms with van der Waals surface area (Å²) in [6.45, 7) is 3.42. The third-order valence-electron chi connectivity index (χ3n) is 1.71. The van der Waals surface area contributed by atoms with Crippen molar-refractivity contribution in [3.63, 3.8) is 0 Å². The summed E-state index contributed by atoms with van der Waals surface area (Å²) >= 11 is 0. The molecular weight excluding hydrogens is 174 g/mol. The maximum absolute atomic E-state index is 13.0. The molecule has 70 valence electrons. The zero-order valence-corrected chi connectivity index (χ0v) is 7.00. The van der Waals surface area contributed by atoms with E-state index in [2.05, 4.69) is 6.58 Å². The SMILES string of the molecule is C=CCC(O)c1ccc(F)cc1F. The second-order valence-corrected chi connectivity index (χ2v) is 2.71. The molecule has 13 heavy (non-hydrogen) atoms. The Morgan fingerprint density at radius 2 is 2.15 bits per heavy atom. The molecule has 0 saturated heterocycles. The molecule has 0 fully saturated rings. The van der Waals surface area contributed by atoms with E-state index in [9.17, 15) is 13.9 Å². The van der Waals surface area contributed by atoms with Crippen molar-refractivity contribution in [2.45, 2.75) is 12.5 Å². The zero-order chi connectivity index (χ0) is 9.84. The van der Waals surface area contributed by atoms with Crippen molar-refractivity contribution in [1.82, 2.24) is 0 Å². The minimum Gasteiger partial charge on any atom is -0.388 e. The monoisotopic (exact) mass is 184 g/mol. The van der Waals surface area contributed by atoms with E-state index in [1.54, 1.807) is 0 Å². The number of hydrogen-bond donors (Lipinski definition) is 1. The normalized spacial score (nSPS) is 12.5. The van der Waals surface area contributed by atoms with Gasteiger partial charge in [-0.25, -0.2) is 8.78 Å². The van der Waals surface area contributed by atoms with Crippen molar-refractivity contribution in [1.29, 1.82) is 0 Å². The predicted molar refractivity (Wildman–Crippen MR) is 46.1 cm³/mol. The Labute approximate surface area is 75.3 Å². The van der Waals surface area contributed by atoms with Crippen LogP contribution in [-0.2, 0) is 0 Å². The van der Waals surface area contributed by atoms with Crippen molar-refractivity contribution in [3.8, 4) is 0 Å². The van der Waals surface area contributed by atoms with E-state index in [-0.39, 0.29) is 12.0 Å². The maximum atomic E-state index is 13.0. The summed E-state index contributed by atoms with van der Waals surface area (Å²) < 4.78 is 25.4. The minimum atomic E-state index is -0.946. The molecule has 1 N–H and O–H groups in total. The van der Waals surface area contributed by atoms with Crippen LogP contribution < -0.4 is 0 Å². The fourth-order valence-corrected chi connectivity index (χ4v) is 1.06. The molecule has 0 amide bonds. The van der Waals surface area contributed by atoms with Crippen LogP contribution in [0.1, 0.15) is 18.1 Å². The summed E-state index contributed by atoms with van der Waals surface area (Å²) in [6.07, 6.45) is 0.786. The van der Waals surface area contributed by atoms with Gasteiger partial charge in [-0.1, -0.05) is 12.1 Å². The first-order valence-electron chi connectivity index (χ1n) is 3.89. The van der Waals surface area contributed by atoms with Gasteiger partial charge >= 0.3 is 0 Å². The third kappa shape index (κ3) is 2.36. The summed E-state index contributed by atoms with van der Waals surface area (Å²) in [6, 6.07) is 3.10. The quantitative estimate of drug-likeness (QED) is 0.716. The molecular formula is C10H10F2O. The number of halogens is 2. The largest absolute Gasteiger partial charge is 0.388 e. The van der Waals surface area contributed by atoms with E-state index in [4.69, 9.17) is 0 Å². The smallest absolute Gasteiger partial charge is 0.131 e. The molecule has 1 rings (SSSR count). The lowest BCUT2D eigenvalue weighted by Crippen LogP contribution is -1.99. The van der Waals surface area contributed by atoms with Crippen molar-refractivity contribution in [3.05, 3.63) is 48.1 Å². The molecule has 1 aromatic carbocycles. The van der Waals surface area contributed by atoms with Crippen LogP contribution in [0.25, 0.3) is 0 Å². The molecule has 1 unspecified atom stereocenters. The highest BCUT2D eigenvalue weighted by molar-refractivity contribution is 5.21. The molecule has 0 spiro atoms. The Bertz CT molecular complexity index is 310. The number of benzene rings is 1. The van der Waals surface area contributed by atoms with Crippen LogP contribution in [0, 0.1) is 11.6 Å². The Morgan fingerprint density at radius 3 is 2.69 bits per heavy atom. The molecule has 1 aromatic rings. The van der Waals surface area contributed by atoms with E-state index in [1.165, 1.54) is 12.1 Å². The van der Waals surface area contributed by atoms with Crippen LogP contribution in [0.2, 0.25) is 0 Å². The van der Waals surface area contributed by atoms with Gasteiger partial charge in [-0.05, 0) is 12.5 Å². The first kappa shape index (κ1) is 9.86. The van der Waals surface area contributed by atoms with Gasteiger partial charge in [0.05, 0.1) is 6.10 Å². The first-order chi connectivity index (χ1) is 6.15. The highest BCUT2D eigenvalue weighted by atomic mass is 19.1. The lowest BCUT2D eigenvalue weighted by atomic mass is 10.1. The molecule has 1 nitrogen and oxygen atoms in total. The van der Waals surface area contributed by atoms with E-state index < -0.39 is 17.7 Å². The Balaban J connectivity index is 2.94. The first-order valence-corrected chi connectivity index (χ1v) is 3.89. The lowest BCUT2D eigenvalue weighted by Gasteiger charge is -2.08. The maximum Gasteiger partial charge on any atom is 0.131 e. The Morgan fingerprint density at radius 1 is 1.46 bits per heavy atom. The van der Waals surface area contributed by atoms with E-state index in [0.717, 1.165) is 12.1 Å². The predicted octanol–water partition coefficient (Wildman–Crippen LogP) is 2.57. The fraction of sp³-hybridized carbons (Fsp3) is 0.200. The van der Waals surface area contributed by atoms with Gasteiger partial charge in [-0.15, -0.1) is 6.58 Å². The lowest BCUT2D eigenvalue weighted by molar-refractivity contribution is 0.176. The van der Waals surface area contributed by atoms with Crippen LogP contribution >= 0.6 is 0 Å². The Kier molecular flexibility index (Phi) is 3.14. The van der Waals surface area contributed by atoms with Gasteiger partial charge in [0.1, 0.15) is 11.6 Å². The molecule has 0 heterocycles. The van der Waals surface area contributed by atoms with Gasteiger partial charge in [0, 0.05) is 11.6 Å². The van der Waals surface area contributed by atoms with E-state index in [0.29, 0.717) is 0 Å². The molecule has 0 aliphatic carbocycles. The van der Waals surface area contributed by atoms with Gasteiger partial charge in [0.15, 0.2) is 0 Å². The molecule has 0 radical (unpaired) electrons. The highest BCUT2D eigenvalue weighted by Crippen LogP contribution is 2.20. The van der Waals surface area contributed by atoms with Gasteiger partial charge < -0.3 is 5.11 Å². The third-order valence-corrected chi connectivity index (χ3v) is 1.71. The fourth-order valence-electron chi connectivity index (χ4n) is 1.06. The summed E-state index contributed by atoms with van der Waals surface area (Å²) in [5.41, 5.74) is 0.0984. The van der Waals surface area contributed by atoms with Crippen molar-refractivity contribution in [2.24, 2.45) is 0 Å². The molecule has 3 heteroatoms. The molecule has 0 aliphatic rings. The average Bonchev–Trinajstić information content (AvgIpc) is 2.04. The number of hydrogen-bond acceptors (Lipinski definition) is 1. The number of aliphatic hydroxyl groups is 1.